The van der Waals surface area contributed by atoms with Gasteiger partial charge in [0, 0.05) is 14.1 Å². The third kappa shape index (κ3) is 3.50. The molecule has 0 spiro atoms. The van der Waals surface area contributed by atoms with E-state index in [4.69, 9.17) is 0 Å². The lowest BCUT2D eigenvalue weighted by atomic mass is 9.91. The number of rotatable bonds is 5. The molecule has 0 aromatic carbocycles. The smallest absolute Gasteiger partial charge is 0.231 e. The summed E-state index contributed by atoms with van der Waals surface area (Å²) in [6, 6.07) is 0. The quantitative estimate of drug-likeness (QED) is 0.680. The number of amides is 1. The molecule has 0 saturated carbocycles. The van der Waals surface area contributed by atoms with Gasteiger partial charge in [-0.25, -0.2) is 0 Å². The van der Waals surface area contributed by atoms with E-state index in [1.54, 1.807) is 21.0 Å². The summed E-state index contributed by atoms with van der Waals surface area (Å²) < 4.78 is 0. The van der Waals surface area contributed by atoms with E-state index in [-0.39, 0.29) is 5.91 Å². The molecule has 0 aliphatic heterocycles. The van der Waals surface area contributed by atoms with Crippen LogP contribution in [0.4, 0.5) is 0 Å². The number of aliphatic hydroxyl groups excluding tert-OH is 1. The summed E-state index contributed by atoms with van der Waals surface area (Å²) in [6.07, 6.45) is 0.898. The van der Waals surface area contributed by atoms with Crippen LogP contribution in [0.2, 0.25) is 0 Å². The zero-order chi connectivity index (χ0) is 11.3. The number of hydrogen-bond acceptors (Lipinski definition) is 2. The molecule has 14 heavy (non-hydrogen) atoms. The Kier molecular flexibility index (Phi) is 5.46. The van der Waals surface area contributed by atoms with Crippen LogP contribution in [0.15, 0.2) is 12.2 Å². The molecule has 1 amide bonds. The molecule has 0 unspecified atom stereocenters. The highest BCUT2D eigenvalue weighted by molar-refractivity contribution is 5.81. The Morgan fingerprint density at radius 3 is 2.29 bits per heavy atom. The fourth-order valence-corrected chi connectivity index (χ4v) is 1.44. The molecule has 0 fully saturated rings. The number of nitrogens with zero attached hydrogens (tertiary/aromatic N) is 1. The van der Waals surface area contributed by atoms with Gasteiger partial charge in [-0.2, -0.15) is 0 Å². The molecule has 82 valence electrons. The highest BCUT2D eigenvalue weighted by Gasteiger charge is 2.27. The largest absolute Gasteiger partial charge is 0.392 e. The van der Waals surface area contributed by atoms with Crippen LogP contribution in [0, 0.1) is 5.92 Å². The second kappa shape index (κ2) is 5.81. The molecule has 2 atom stereocenters. The maximum absolute atomic E-state index is 11.7. The van der Waals surface area contributed by atoms with Crippen molar-refractivity contribution in [2.45, 2.75) is 32.8 Å². The van der Waals surface area contributed by atoms with Crippen molar-refractivity contribution in [3.8, 4) is 0 Å². The first-order valence-corrected chi connectivity index (χ1v) is 4.96. The summed E-state index contributed by atoms with van der Waals surface area (Å²) in [5, 5.41) is 9.79. The summed E-state index contributed by atoms with van der Waals surface area (Å²) in [7, 11) is 3.38. The Balaban J connectivity index is 4.59. The lowest BCUT2D eigenvalue weighted by Crippen LogP contribution is -2.37. The van der Waals surface area contributed by atoms with Crippen LogP contribution in [0.5, 0.6) is 0 Å². The molecule has 0 aromatic rings. The molecule has 0 aromatic heterocycles. The minimum Gasteiger partial charge on any atom is -0.392 e. The monoisotopic (exact) mass is 199 g/mol. The van der Waals surface area contributed by atoms with Gasteiger partial charge in [0.1, 0.15) is 0 Å². The maximum atomic E-state index is 11.7. The Bertz CT molecular complexity index is 211. The van der Waals surface area contributed by atoms with E-state index in [2.05, 4.69) is 6.58 Å². The molecule has 0 aliphatic carbocycles. The van der Waals surface area contributed by atoms with Crippen molar-refractivity contribution in [2.24, 2.45) is 5.92 Å². The summed E-state index contributed by atoms with van der Waals surface area (Å²) in [4.78, 5) is 13.2. The standard InChI is InChI=1S/C11H21NO2/c1-6-7-9(13)10(8(2)3)11(14)12(4)5/h9-10,13H,2,6-7H2,1,3-5H3/t9-,10+/m1/s1. The molecule has 1 N–H and O–H groups in total. The summed E-state index contributed by atoms with van der Waals surface area (Å²) in [5.74, 6) is -0.525. The second-order valence-corrected chi connectivity index (χ2v) is 3.91. The van der Waals surface area contributed by atoms with Crippen LogP contribution in [0.3, 0.4) is 0 Å². The topological polar surface area (TPSA) is 40.5 Å². The first kappa shape index (κ1) is 13.2. The van der Waals surface area contributed by atoms with Gasteiger partial charge in [0.15, 0.2) is 0 Å². The van der Waals surface area contributed by atoms with Crippen molar-refractivity contribution < 1.29 is 9.90 Å². The fraction of sp³-hybridized carbons (Fsp3) is 0.727. The fourth-order valence-electron chi connectivity index (χ4n) is 1.44. The first-order valence-electron chi connectivity index (χ1n) is 4.96. The minimum atomic E-state index is -0.604. The van der Waals surface area contributed by atoms with Crippen LogP contribution in [-0.4, -0.2) is 36.1 Å². The van der Waals surface area contributed by atoms with Crippen LogP contribution in [0.1, 0.15) is 26.7 Å². The number of carbonyl (C=O) groups excluding carboxylic acids is 1. The normalized spacial score (nSPS) is 14.6. The van der Waals surface area contributed by atoms with Crippen LogP contribution in [-0.2, 0) is 4.79 Å². The third-order valence-electron chi connectivity index (χ3n) is 2.21. The zero-order valence-electron chi connectivity index (χ0n) is 9.58. The highest BCUT2D eigenvalue weighted by Crippen LogP contribution is 2.19. The van der Waals surface area contributed by atoms with Crippen molar-refractivity contribution in [3.63, 3.8) is 0 Å². The lowest BCUT2D eigenvalue weighted by Gasteiger charge is -2.25. The molecule has 3 nitrogen and oxygen atoms in total. The van der Waals surface area contributed by atoms with E-state index in [1.165, 1.54) is 4.90 Å². The van der Waals surface area contributed by atoms with Crippen molar-refractivity contribution in [1.82, 2.24) is 4.90 Å². The Morgan fingerprint density at radius 2 is 2.00 bits per heavy atom. The number of hydrogen-bond donors (Lipinski definition) is 1. The molecule has 0 heterocycles. The van der Waals surface area contributed by atoms with Crippen molar-refractivity contribution in [2.75, 3.05) is 14.1 Å². The molecular weight excluding hydrogens is 178 g/mol. The predicted octanol–water partition coefficient (Wildman–Crippen LogP) is 1.43. The van der Waals surface area contributed by atoms with E-state index in [1.807, 2.05) is 6.92 Å². The van der Waals surface area contributed by atoms with Gasteiger partial charge in [-0.15, -0.1) is 0 Å². The molecular formula is C11H21NO2. The van der Waals surface area contributed by atoms with E-state index >= 15 is 0 Å². The maximum Gasteiger partial charge on any atom is 0.231 e. The molecule has 0 saturated heterocycles. The van der Waals surface area contributed by atoms with Gasteiger partial charge in [0.05, 0.1) is 12.0 Å². The van der Waals surface area contributed by atoms with E-state index in [9.17, 15) is 9.90 Å². The first-order chi connectivity index (χ1) is 6.41. The molecule has 3 heteroatoms. The van der Waals surface area contributed by atoms with Gasteiger partial charge in [-0.3, -0.25) is 4.79 Å². The van der Waals surface area contributed by atoms with E-state index < -0.39 is 12.0 Å². The highest BCUT2D eigenvalue weighted by atomic mass is 16.3. The summed E-state index contributed by atoms with van der Waals surface area (Å²) in [6.45, 7) is 7.52. The Labute approximate surface area is 86.4 Å². The summed E-state index contributed by atoms with van der Waals surface area (Å²) in [5.41, 5.74) is 0.727. The van der Waals surface area contributed by atoms with Crippen LogP contribution in [0.25, 0.3) is 0 Å². The molecule has 0 radical (unpaired) electrons. The molecule has 0 aliphatic rings. The van der Waals surface area contributed by atoms with Crippen molar-refractivity contribution >= 4 is 5.91 Å². The minimum absolute atomic E-state index is 0.0709. The third-order valence-corrected chi connectivity index (χ3v) is 2.21. The van der Waals surface area contributed by atoms with Gasteiger partial charge >= 0.3 is 0 Å². The molecule has 0 bridgehead atoms. The Hall–Kier alpha value is -0.830. The van der Waals surface area contributed by atoms with Gasteiger partial charge in [-0.1, -0.05) is 25.5 Å². The van der Waals surface area contributed by atoms with Gasteiger partial charge in [-0.05, 0) is 13.3 Å². The predicted molar refractivity (Wildman–Crippen MR) is 57.9 cm³/mol. The van der Waals surface area contributed by atoms with Crippen molar-refractivity contribution in [1.29, 1.82) is 0 Å². The second-order valence-electron chi connectivity index (χ2n) is 3.91. The van der Waals surface area contributed by atoms with E-state index in [0.29, 0.717) is 6.42 Å². The molecule has 0 rings (SSSR count). The SMILES string of the molecule is C=C(C)[C@H](C(=O)N(C)C)[C@H](O)CCC. The zero-order valence-corrected chi connectivity index (χ0v) is 9.58. The summed E-state index contributed by atoms with van der Waals surface area (Å²) >= 11 is 0. The van der Waals surface area contributed by atoms with Gasteiger partial charge in [0.2, 0.25) is 5.91 Å². The van der Waals surface area contributed by atoms with Gasteiger partial charge in [0.25, 0.3) is 0 Å². The lowest BCUT2D eigenvalue weighted by molar-refractivity contribution is -0.135. The average Bonchev–Trinajstić information content (AvgIpc) is 2.03. The van der Waals surface area contributed by atoms with Crippen LogP contribution < -0.4 is 0 Å². The number of aliphatic hydroxyl groups is 1. The van der Waals surface area contributed by atoms with E-state index in [0.717, 1.165) is 12.0 Å². The van der Waals surface area contributed by atoms with Crippen molar-refractivity contribution in [3.05, 3.63) is 12.2 Å². The number of carbonyl (C=O) groups is 1. The average molecular weight is 199 g/mol. The van der Waals surface area contributed by atoms with Crippen LogP contribution >= 0.6 is 0 Å². The van der Waals surface area contributed by atoms with Gasteiger partial charge < -0.3 is 10.0 Å². The Morgan fingerprint density at radius 1 is 1.50 bits per heavy atom.